The molecule has 3 aromatic rings. The molecule has 0 atom stereocenters. The summed E-state index contributed by atoms with van der Waals surface area (Å²) in [4.78, 5) is 18.5. The number of aryl methyl sites for hydroxylation is 2. The lowest BCUT2D eigenvalue weighted by Gasteiger charge is -2.02. The highest BCUT2D eigenvalue weighted by atomic mass is 16.4. The lowest BCUT2D eigenvalue weighted by Crippen LogP contribution is -2.21. The number of imidazole rings is 1. The van der Waals surface area contributed by atoms with Gasteiger partial charge in [-0.25, -0.2) is 4.98 Å². The number of aromatic carboxylic acids is 1. The van der Waals surface area contributed by atoms with Gasteiger partial charge < -0.3 is 14.9 Å². The largest absolute Gasteiger partial charge is 0.545 e. The van der Waals surface area contributed by atoms with E-state index in [9.17, 15) is 9.90 Å². The lowest BCUT2D eigenvalue weighted by atomic mass is 10.1. The van der Waals surface area contributed by atoms with Crippen molar-refractivity contribution in [1.29, 1.82) is 0 Å². The van der Waals surface area contributed by atoms with E-state index in [0.717, 1.165) is 22.4 Å². The summed E-state index contributed by atoms with van der Waals surface area (Å²) in [5.41, 5.74) is 5.31. The highest BCUT2D eigenvalue weighted by Gasteiger charge is 2.07. The van der Waals surface area contributed by atoms with Crippen LogP contribution in [0.2, 0.25) is 0 Å². The SMILES string of the molecule is Cc1cc2nc(-c3ccc(C(=O)[O-])cc3)[nH]c2cc1C. The van der Waals surface area contributed by atoms with Gasteiger partial charge in [0.15, 0.2) is 0 Å². The van der Waals surface area contributed by atoms with Crippen molar-refractivity contribution < 1.29 is 9.90 Å². The molecule has 20 heavy (non-hydrogen) atoms. The molecule has 0 unspecified atom stereocenters. The topological polar surface area (TPSA) is 68.8 Å². The van der Waals surface area contributed by atoms with Gasteiger partial charge in [0, 0.05) is 5.56 Å². The number of aromatic nitrogens is 2. The van der Waals surface area contributed by atoms with Crippen LogP contribution in [0.25, 0.3) is 22.4 Å². The van der Waals surface area contributed by atoms with Crippen LogP contribution in [0, 0.1) is 13.8 Å². The number of carbonyl (C=O) groups excluding carboxylic acids is 1. The molecule has 0 bridgehead atoms. The van der Waals surface area contributed by atoms with Gasteiger partial charge >= 0.3 is 0 Å². The highest BCUT2D eigenvalue weighted by Crippen LogP contribution is 2.23. The fourth-order valence-electron chi connectivity index (χ4n) is 2.17. The standard InChI is InChI=1S/C16H14N2O2/c1-9-7-13-14(8-10(9)2)18-15(17-13)11-3-5-12(6-4-11)16(19)20/h3-8H,1-2H3,(H,17,18)(H,19,20)/p-1. The molecule has 1 aromatic heterocycles. The molecule has 4 heteroatoms. The minimum atomic E-state index is -1.17. The Labute approximate surface area is 116 Å². The maximum Gasteiger partial charge on any atom is 0.138 e. The third-order valence-corrected chi connectivity index (χ3v) is 3.49. The predicted octanol–water partition coefficient (Wildman–Crippen LogP) is 2.21. The van der Waals surface area contributed by atoms with Gasteiger partial charge in [0.25, 0.3) is 0 Å². The molecule has 3 rings (SSSR count). The number of aromatic amines is 1. The molecule has 0 amide bonds. The molecule has 0 aliphatic heterocycles. The molecule has 2 aromatic carbocycles. The number of fused-ring (bicyclic) bond motifs is 1. The Hall–Kier alpha value is -2.62. The van der Waals surface area contributed by atoms with Gasteiger partial charge in [0.05, 0.1) is 17.0 Å². The number of nitrogens with zero attached hydrogens (tertiary/aromatic N) is 1. The molecule has 100 valence electrons. The van der Waals surface area contributed by atoms with Crippen LogP contribution in [0.3, 0.4) is 0 Å². The van der Waals surface area contributed by atoms with Crippen LogP contribution >= 0.6 is 0 Å². The average molecular weight is 265 g/mol. The Bertz CT molecular complexity index is 762. The Morgan fingerprint density at radius 2 is 1.75 bits per heavy atom. The molecule has 0 saturated heterocycles. The number of carbonyl (C=O) groups is 1. The summed E-state index contributed by atoms with van der Waals surface area (Å²) in [6.45, 7) is 4.11. The first-order valence-electron chi connectivity index (χ1n) is 6.33. The third-order valence-electron chi connectivity index (χ3n) is 3.49. The molecule has 0 aliphatic rings. The number of nitrogens with one attached hydrogen (secondary N) is 1. The first-order valence-corrected chi connectivity index (χ1v) is 6.33. The van der Waals surface area contributed by atoms with Gasteiger partial charge in [0.2, 0.25) is 0 Å². The summed E-state index contributed by atoms with van der Waals surface area (Å²) >= 11 is 0. The number of hydrogen-bond acceptors (Lipinski definition) is 3. The second-order valence-corrected chi connectivity index (χ2v) is 4.90. The molecule has 1 heterocycles. The number of H-pyrrole nitrogens is 1. The first kappa shape index (κ1) is 12.4. The van der Waals surface area contributed by atoms with E-state index in [1.807, 2.05) is 6.07 Å². The minimum Gasteiger partial charge on any atom is -0.545 e. The van der Waals surface area contributed by atoms with Crippen molar-refractivity contribution in [3.05, 3.63) is 53.1 Å². The van der Waals surface area contributed by atoms with Gasteiger partial charge in [0.1, 0.15) is 5.82 Å². The smallest absolute Gasteiger partial charge is 0.138 e. The van der Waals surface area contributed by atoms with Crippen molar-refractivity contribution in [3.63, 3.8) is 0 Å². The van der Waals surface area contributed by atoms with E-state index in [-0.39, 0.29) is 5.56 Å². The molecule has 0 aliphatic carbocycles. The number of benzene rings is 2. The van der Waals surface area contributed by atoms with Crippen molar-refractivity contribution in [2.75, 3.05) is 0 Å². The lowest BCUT2D eigenvalue weighted by molar-refractivity contribution is -0.255. The van der Waals surface area contributed by atoms with Gasteiger partial charge in [-0.3, -0.25) is 0 Å². The monoisotopic (exact) mass is 265 g/mol. The Morgan fingerprint density at radius 3 is 2.40 bits per heavy atom. The number of hydrogen-bond donors (Lipinski definition) is 1. The molecule has 0 saturated carbocycles. The van der Waals surface area contributed by atoms with E-state index < -0.39 is 5.97 Å². The maximum absolute atomic E-state index is 10.7. The predicted molar refractivity (Wildman–Crippen MR) is 75.3 cm³/mol. The molecular weight excluding hydrogens is 252 g/mol. The van der Waals surface area contributed by atoms with Gasteiger partial charge in [-0.15, -0.1) is 0 Å². The average Bonchev–Trinajstić information content (AvgIpc) is 2.82. The summed E-state index contributed by atoms with van der Waals surface area (Å²) in [6.07, 6.45) is 0. The van der Waals surface area contributed by atoms with Crippen molar-refractivity contribution >= 4 is 17.0 Å². The van der Waals surface area contributed by atoms with E-state index in [4.69, 9.17) is 0 Å². The normalized spacial score (nSPS) is 10.9. The molecule has 0 radical (unpaired) electrons. The zero-order valence-electron chi connectivity index (χ0n) is 11.2. The molecule has 1 N–H and O–H groups in total. The molecule has 0 spiro atoms. The Morgan fingerprint density at radius 1 is 1.10 bits per heavy atom. The van der Waals surface area contributed by atoms with Crippen LogP contribution in [0.4, 0.5) is 0 Å². The van der Waals surface area contributed by atoms with Gasteiger partial charge in [-0.2, -0.15) is 0 Å². The van der Waals surface area contributed by atoms with E-state index in [1.165, 1.54) is 23.3 Å². The summed E-state index contributed by atoms with van der Waals surface area (Å²) in [6, 6.07) is 10.6. The van der Waals surface area contributed by atoms with E-state index in [1.54, 1.807) is 12.1 Å². The second kappa shape index (κ2) is 4.49. The second-order valence-electron chi connectivity index (χ2n) is 4.90. The number of rotatable bonds is 2. The van der Waals surface area contributed by atoms with Crippen LogP contribution in [0.1, 0.15) is 21.5 Å². The van der Waals surface area contributed by atoms with E-state index >= 15 is 0 Å². The van der Waals surface area contributed by atoms with Crippen molar-refractivity contribution in [2.45, 2.75) is 13.8 Å². The third kappa shape index (κ3) is 2.05. The zero-order valence-corrected chi connectivity index (χ0v) is 11.2. The highest BCUT2D eigenvalue weighted by molar-refractivity contribution is 5.87. The molecule has 4 nitrogen and oxygen atoms in total. The number of carboxylic acids is 1. The number of carboxylic acid groups (broad SMARTS) is 1. The summed E-state index contributed by atoms with van der Waals surface area (Å²) in [5.74, 6) is -0.442. The van der Waals surface area contributed by atoms with Crippen molar-refractivity contribution in [3.8, 4) is 11.4 Å². The van der Waals surface area contributed by atoms with Crippen molar-refractivity contribution in [2.24, 2.45) is 0 Å². The Balaban J connectivity index is 2.07. The van der Waals surface area contributed by atoms with Crippen LogP contribution in [-0.2, 0) is 0 Å². The molecule has 0 fully saturated rings. The van der Waals surface area contributed by atoms with Gasteiger partial charge in [-0.1, -0.05) is 24.3 Å². The molecular formula is C16H13N2O2-. The minimum absolute atomic E-state index is 0.163. The van der Waals surface area contributed by atoms with E-state index in [0.29, 0.717) is 0 Å². The van der Waals surface area contributed by atoms with Crippen LogP contribution in [0.15, 0.2) is 36.4 Å². The summed E-state index contributed by atoms with van der Waals surface area (Å²) in [5, 5.41) is 10.7. The van der Waals surface area contributed by atoms with Crippen LogP contribution in [0.5, 0.6) is 0 Å². The van der Waals surface area contributed by atoms with Gasteiger partial charge in [-0.05, 0) is 42.7 Å². The maximum atomic E-state index is 10.7. The quantitative estimate of drug-likeness (QED) is 0.772. The summed E-state index contributed by atoms with van der Waals surface area (Å²) in [7, 11) is 0. The first-order chi connectivity index (χ1) is 9.54. The van der Waals surface area contributed by atoms with Crippen molar-refractivity contribution in [1.82, 2.24) is 9.97 Å². The zero-order chi connectivity index (χ0) is 14.3. The fraction of sp³-hybridized carbons (Fsp3) is 0.125. The van der Waals surface area contributed by atoms with Crippen LogP contribution in [-0.4, -0.2) is 15.9 Å². The van der Waals surface area contributed by atoms with Crippen LogP contribution < -0.4 is 5.11 Å². The van der Waals surface area contributed by atoms with E-state index in [2.05, 4.69) is 29.9 Å². The Kier molecular flexibility index (Phi) is 2.79. The fourth-order valence-corrected chi connectivity index (χ4v) is 2.17. The summed E-state index contributed by atoms with van der Waals surface area (Å²) < 4.78 is 0.